The highest BCUT2D eigenvalue weighted by molar-refractivity contribution is 5.79. The molecule has 0 spiro atoms. The normalized spacial score (nSPS) is 19.9. The van der Waals surface area contributed by atoms with E-state index in [9.17, 15) is 4.79 Å². The van der Waals surface area contributed by atoms with Crippen LogP contribution in [0.2, 0.25) is 0 Å². The summed E-state index contributed by atoms with van der Waals surface area (Å²) in [6.07, 6.45) is 6.08. The Bertz CT molecular complexity index is 797. The van der Waals surface area contributed by atoms with E-state index in [1.54, 1.807) is 0 Å². The highest BCUT2D eigenvalue weighted by Gasteiger charge is 2.25. The summed E-state index contributed by atoms with van der Waals surface area (Å²) in [7, 11) is 0. The summed E-state index contributed by atoms with van der Waals surface area (Å²) in [4.78, 5) is 15.2. The van der Waals surface area contributed by atoms with Crippen molar-refractivity contribution in [1.82, 2.24) is 10.2 Å². The smallest absolute Gasteiger partial charge is 0.227 e. The van der Waals surface area contributed by atoms with Gasteiger partial charge in [0.1, 0.15) is 12.4 Å². The number of nitrogens with one attached hydrogen (secondary N) is 1. The standard InChI is InChI=1S/C24H30N2O2/c27-24(22-15-21-10-3-4-11-23(21)28-18-22)25-16-19-8-7-9-20(14-19)17-26-12-5-1-2-6-13-26/h3-4,7-11,14,22H,1-2,5-6,12-13,15-18H2,(H,25,27). The zero-order chi connectivity index (χ0) is 19.2. The molecule has 0 aromatic heterocycles. The number of amides is 1. The molecule has 0 saturated carbocycles. The SMILES string of the molecule is O=C(NCc1cccc(CN2CCCCCC2)c1)C1COc2ccccc2C1. The van der Waals surface area contributed by atoms with Crippen molar-refractivity contribution in [2.45, 2.75) is 45.2 Å². The van der Waals surface area contributed by atoms with Crippen LogP contribution in [0, 0.1) is 5.92 Å². The number of hydrogen-bond donors (Lipinski definition) is 1. The van der Waals surface area contributed by atoms with Crippen LogP contribution in [0.5, 0.6) is 5.75 Å². The first kappa shape index (κ1) is 19.0. The monoisotopic (exact) mass is 378 g/mol. The van der Waals surface area contributed by atoms with Gasteiger partial charge in [-0.15, -0.1) is 0 Å². The molecule has 0 radical (unpaired) electrons. The van der Waals surface area contributed by atoms with Crippen LogP contribution in [0.25, 0.3) is 0 Å². The number of hydrogen-bond acceptors (Lipinski definition) is 3. The second-order valence-electron chi connectivity index (χ2n) is 8.05. The van der Waals surface area contributed by atoms with Gasteiger partial charge in [0.25, 0.3) is 0 Å². The predicted molar refractivity (Wildman–Crippen MR) is 111 cm³/mol. The fourth-order valence-corrected chi connectivity index (χ4v) is 4.22. The van der Waals surface area contributed by atoms with Crippen molar-refractivity contribution in [3.63, 3.8) is 0 Å². The Morgan fingerprint density at radius 2 is 1.79 bits per heavy atom. The van der Waals surface area contributed by atoms with Crippen molar-refractivity contribution < 1.29 is 9.53 Å². The van der Waals surface area contributed by atoms with Crippen molar-refractivity contribution in [2.75, 3.05) is 19.7 Å². The van der Waals surface area contributed by atoms with E-state index in [0.717, 1.165) is 29.8 Å². The van der Waals surface area contributed by atoms with Crippen LogP contribution in [0.4, 0.5) is 0 Å². The first-order valence-electron chi connectivity index (χ1n) is 10.6. The summed E-state index contributed by atoms with van der Waals surface area (Å²) in [5.74, 6) is 0.871. The molecule has 4 heteroatoms. The second kappa shape index (κ2) is 9.24. The second-order valence-corrected chi connectivity index (χ2v) is 8.05. The Labute approximate surface area is 167 Å². The maximum atomic E-state index is 12.6. The van der Waals surface area contributed by atoms with Gasteiger partial charge in [-0.2, -0.15) is 0 Å². The number of likely N-dealkylation sites (tertiary alicyclic amines) is 1. The van der Waals surface area contributed by atoms with Crippen molar-refractivity contribution in [3.05, 3.63) is 65.2 Å². The fourth-order valence-electron chi connectivity index (χ4n) is 4.22. The molecule has 2 aromatic carbocycles. The number of ether oxygens (including phenoxy) is 1. The molecule has 28 heavy (non-hydrogen) atoms. The van der Waals surface area contributed by atoms with Crippen LogP contribution in [-0.4, -0.2) is 30.5 Å². The quantitative estimate of drug-likeness (QED) is 0.857. The van der Waals surface area contributed by atoms with Gasteiger partial charge in [0, 0.05) is 13.1 Å². The van der Waals surface area contributed by atoms with Crippen molar-refractivity contribution in [2.24, 2.45) is 5.92 Å². The first-order valence-corrected chi connectivity index (χ1v) is 10.6. The fraction of sp³-hybridized carbons (Fsp3) is 0.458. The van der Waals surface area contributed by atoms with Crippen molar-refractivity contribution >= 4 is 5.91 Å². The molecule has 0 aliphatic carbocycles. The van der Waals surface area contributed by atoms with Gasteiger partial charge in [0.2, 0.25) is 5.91 Å². The molecule has 2 aromatic rings. The number of rotatable bonds is 5. The number of carbonyl (C=O) groups is 1. The molecule has 2 aliphatic heterocycles. The summed E-state index contributed by atoms with van der Waals surface area (Å²) >= 11 is 0. The van der Waals surface area contributed by atoms with E-state index in [4.69, 9.17) is 4.74 Å². The highest BCUT2D eigenvalue weighted by atomic mass is 16.5. The Kier molecular flexibility index (Phi) is 6.27. The van der Waals surface area contributed by atoms with Gasteiger partial charge in [-0.1, -0.05) is 55.3 Å². The van der Waals surface area contributed by atoms with Gasteiger partial charge in [-0.25, -0.2) is 0 Å². The van der Waals surface area contributed by atoms with E-state index in [1.165, 1.54) is 44.3 Å². The lowest BCUT2D eigenvalue weighted by atomic mass is 9.96. The van der Waals surface area contributed by atoms with Crippen LogP contribution in [0.3, 0.4) is 0 Å². The molecule has 0 bridgehead atoms. The van der Waals surface area contributed by atoms with E-state index in [-0.39, 0.29) is 11.8 Å². The third-order valence-corrected chi connectivity index (χ3v) is 5.81. The Hall–Kier alpha value is -2.33. The molecule has 1 unspecified atom stereocenters. The van der Waals surface area contributed by atoms with Crippen LogP contribution < -0.4 is 10.1 Å². The van der Waals surface area contributed by atoms with Gasteiger partial charge in [0.05, 0.1) is 5.92 Å². The van der Waals surface area contributed by atoms with Crippen LogP contribution in [0.15, 0.2) is 48.5 Å². The molecule has 148 valence electrons. The van der Waals surface area contributed by atoms with Gasteiger partial charge < -0.3 is 10.1 Å². The lowest BCUT2D eigenvalue weighted by molar-refractivity contribution is -0.126. The molecule has 2 aliphatic rings. The third kappa shape index (κ3) is 4.93. The Balaban J connectivity index is 1.30. The molecule has 1 fully saturated rings. The lowest BCUT2D eigenvalue weighted by Crippen LogP contribution is -2.37. The first-order chi connectivity index (χ1) is 13.8. The topological polar surface area (TPSA) is 41.6 Å². The average molecular weight is 379 g/mol. The molecule has 2 heterocycles. The number of carbonyl (C=O) groups excluding carboxylic acids is 1. The van der Waals surface area contributed by atoms with E-state index in [0.29, 0.717) is 13.2 Å². The zero-order valence-electron chi connectivity index (χ0n) is 16.5. The van der Waals surface area contributed by atoms with Crippen LogP contribution >= 0.6 is 0 Å². The molecular formula is C24H30N2O2. The maximum Gasteiger partial charge on any atom is 0.227 e. The van der Waals surface area contributed by atoms with Crippen LogP contribution in [0.1, 0.15) is 42.4 Å². The predicted octanol–water partition coefficient (Wildman–Crippen LogP) is 3.93. The van der Waals surface area contributed by atoms with E-state index in [1.807, 2.05) is 24.3 Å². The van der Waals surface area contributed by atoms with E-state index < -0.39 is 0 Å². The summed E-state index contributed by atoms with van der Waals surface area (Å²) in [6, 6.07) is 16.6. The summed E-state index contributed by atoms with van der Waals surface area (Å²) in [5, 5.41) is 3.11. The molecule has 1 amide bonds. The minimum atomic E-state index is -0.116. The summed E-state index contributed by atoms with van der Waals surface area (Å²) in [6.45, 7) is 4.44. The molecule has 1 atom stereocenters. The Morgan fingerprint density at radius 1 is 1.00 bits per heavy atom. The molecular weight excluding hydrogens is 348 g/mol. The zero-order valence-corrected chi connectivity index (χ0v) is 16.5. The third-order valence-electron chi connectivity index (χ3n) is 5.81. The number of benzene rings is 2. The van der Waals surface area contributed by atoms with Gasteiger partial charge in [-0.05, 0) is 55.1 Å². The maximum absolute atomic E-state index is 12.6. The number of nitrogens with zero attached hydrogens (tertiary/aromatic N) is 1. The number of para-hydroxylation sites is 1. The molecule has 1 N–H and O–H groups in total. The van der Waals surface area contributed by atoms with Crippen molar-refractivity contribution in [1.29, 1.82) is 0 Å². The summed E-state index contributed by atoms with van der Waals surface area (Å²) < 4.78 is 5.76. The van der Waals surface area contributed by atoms with Crippen molar-refractivity contribution in [3.8, 4) is 5.75 Å². The highest BCUT2D eigenvalue weighted by Crippen LogP contribution is 2.26. The summed E-state index contributed by atoms with van der Waals surface area (Å²) in [5.41, 5.74) is 3.62. The van der Waals surface area contributed by atoms with Crippen LogP contribution in [-0.2, 0) is 24.3 Å². The minimum Gasteiger partial charge on any atom is -0.492 e. The van der Waals surface area contributed by atoms with E-state index >= 15 is 0 Å². The van der Waals surface area contributed by atoms with Gasteiger partial charge in [0.15, 0.2) is 0 Å². The Morgan fingerprint density at radius 3 is 2.64 bits per heavy atom. The minimum absolute atomic E-state index is 0.0763. The lowest BCUT2D eigenvalue weighted by Gasteiger charge is -2.24. The molecule has 4 nitrogen and oxygen atoms in total. The molecule has 1 saturated heterocycles. The van der Waals surface area contributed by atoms with E-state index in [2.05, 4.69) is 34.5 Å². The van der Waals surface area contributed by atoms with Gasteiger partial charge in [-0.3, -0.25) is 9.69 Å². The number of fused-ring (bicyclic) bond motifs is 1. The average Bonchev–Trinajstić information content (AvgIpc) is 3.00. The molecule has 4 rings (SSSR count). The van der Waals surface area contributed by atoms with Gasteiger partial charge >= 0.3 is 0 Å². The largest absolute Gasteiger partial charge is 0.492 e.